The molecule has 29 heavy (non-hydrogen) atoms. The van der Waals surface area contributed by atoms with Crippen LogP contribution in [0.5, 0.6) is 0 Å². The van der Waals surface area contributed by atoms with Crippen LogP contribution in [-0.2, 0) is 4.79 Å². The number of hydrogen-bond donors (Lipinski definition) is 3. The van der Waals surface area contributed by atoms with Crippen molar-refractivity contribution in [2.75, 3.05) is 17.2 Å². The summed E-state index contributed by atoms with van der Waals surface area (Å²) in [5, 5.41) is 16.0. The van der Waals surface area contributed by atoms with Crippen molar-refractivity contribution in [2.24, 2.45) is 0 Å². The Morgan fingerprint density at radius 3 is 2.38 bits per heavy atom. The second-order valence-corrected chi connectivity index (χ2v) is 6.69. The summed E-state index contributed by atoms with van der Waals surface area (Å²) in [4.78, 5) is 25.1. The Hall–Kier alpha value is -3.22. The van der Waals surface area contributed by atoms with Crippen molar-refractivity contribution >= 4 is 34.7 Å². The first-order chi connectivity index (χ1) is 14.0. The number of Topliss-reactive ketones (excluding diaryl/α,β-unsaturated/α-hetero) is 1. The number of nitrogens with one attached hydrogen (secondary N) is 2. The van der Waals surface area contributed by atoms with E-state index < -0.39 is 23.6 Å². The largest absolute Gasteiger partial charge is 0.380 e. The van der Waals surface area contributed by atoms with Crippen molar-refractivity contribution in [3.05, 3.63) is 94.8 Å². The number of ketones is 1. The van der Waals surface area contributed by atoms with E-state index in [4.69, 9.17) is 11.6 Å². The first-order valence-electron chi connectivity index (χ1n) is 8.80. The van der Waals surface area contributed by atoms with Crippen LogP contribution >= 0.6 is 11.6 Å². The summed E-state index contributed by atoms with van der Waals surface area (Å²) >= 11 is 6.00. The highest BCUT2D eigenvalue weighted by Gasteiger charge is 2.22. The maximum absolute atomic E-state index is 13.7. The first-order valence-corrected chi connectivity index (χ1v) is 9.18. The topological polar surface area (TPSA) is 78.4 Å². The molecular formula is C22H18ClFN2O3. The van der Waals surface area contributed by atoms with E-state index in [0.29, 0.717) is 10.6 Å². The van der Waals surface area contributed by atoms with Gasteiger partial charge in [-0.3, -0.25) is 9.59 Å². The third-order valence-electron chi connectivity index (χ3n) is 4.20. The first kappa shape index (κ1) is 20.5. The number of amides is 1. The molecule has 3 rings (SSSR count). The normalized spacial score (nSPS) is 11.6. The van der Waals surface area contributed by atoms with Crippen LogP contribution in [0.1, 0.15) is 22.0 Å². The highest BCUT2D eigenvalue weighted by molar-refractivity contribution is 6.31. The number of hydrogen-bond acceptors (Lipinski definition) is 4. The van der Waals surface area contributed by atoms with E-state index in [-0.39, 0.29) is 23.5 Å². The van der Waals surface area contributed by atoms with Gasteiger partial charge in [0.1, 0.15) is 11.9 Å². The zero-order valence-corrected chi connectivity index (χ0v) is 16.0. The van der Waals surface area contributed by atoms with Gasteiger partial charge in [-0.2, -0.15) is 0 Å². The fourth-order valence-electron chi connectivity index (χ4n) is 2.74. The van der Waals surface area contributed by atoms with Gasteiger partial charge in [0.15, 0.2) is 5.78 Å². The molecule has 3 aromatic carbocycles. The molecule has 1 unspecified atom stereocenters. The Labute approximate surface area is 172 Å². The maximum Gasteiger partial charge on any atom is 0.243 e. The minimum absolute atomic E-state index is 0.116. The molecule has 3 N–H and O–H groups in total. The van der Waals surface area contributed by atoms with E-state index in [2.05, 4.69) is 10.6 Å². The Kier molecular flexibility index (Phi) is 6.59. The summed E-state index contributed by atoms with van der Waals surface area (Å²) in [5.41, 5.74) is 0.901. The van der Waals surface area contributed by atoms with Crippen LogP contribution in [0, 0.1) is 5.82 Å². The van der Waals surface area contributed by atoms with Gasteiger partial charge in [0.05, 0.1) is 17.9 Å². The van der Waals surface area contributed by atoms with Crippen molar-refractivity contribution in [3.63, 3.8) is 0 Å². The molecule has 148 valence electrons. The van der Waals surface area contributed by atoms with Gasteiger partial charge in [0.25, 0.3) is 0 Å². The standard InChI is InChI=1S/C22H18ClFN2O3/c23-15-10-11-16(22(29)21(28)14-6-2-1-3-7-14)19(12-15)26-20(27)13-25-18-9-5-4-8-17(18)24/h1-12,21,25,28H,13H2,(H,26,27). The van der Waals surface area contributed by atoms with E-state index in [9.17, 15) is 19.1 Å². The van der Waals surface area contributed by atoms with Crippen LogP contribution in [0.4, 0.5) is 15.8 Å². The quantitative estimate of drug-likeness (QED) is 0.501. The van der Waals surface area contributed by atoms with E-state index >= 15 is 0 Å². The van der Waals surface area contributed by atoms with Gasteiger partial charge in [-0.05, 0) is 35.9 Å². The lowest BCUT2D eigenvalue weighted by Gasteiger charge is -2.15. The second-order valence-electron chi connectivity index (χ2n) is 6.25. The molecule has 0 heterocycles. The van der Waals surface area contributed by atoms with Gasteiger partial charge in [-0.25, -0.2) is 4.39 Å². The monoisotopic (exact) mass is 412 g/mol. The molecule has 0 saturated heterocycles. The number of anilines is 2. The number of carbonyl (C=O) groups is 2. The van der Waals surface area contributed by atoms with Crippen molar-refractivity contribution in [3.8, 4) is 0 Å². The van der Waals surface area contributed by atoms with Gasteiger partial charge in [-0.15, -0.1) is 0 Å². The van der Waals surface area contributed by atoms with Crippen LogP contribution in [-0.4, -0.2) is 23.3 Å². The van der Waals surface area contributed by atoms with Crippen molar-refractivity contribution in [2.45, 2.75) is 6.10 Å². The molecule has 0 fully saturated rings. The number of rotatable bonds is 7. The fourth-order valence-corrected chi connectivity index (χ4v) is 2.92. The predicted octanol–water partition coefficient (Wildman–Crippen LogP) is 4.45. The number of para-hydroxylation sites is 1. The maximum atomic E-state index is 13.7. The molecule has 0 aliphatic carbocycles. The van der Waals surface area contributed by atoms with Gasteiger partial charge in [0, 0.05) is 10.6 Å². The van der Waals surface area contributed by atoms with E-state index in [1.165, 1.54) is 30.3 Å². The summed E-state index contributed by atoms with van der Waals surface area (Å²) < 4.78 is 13.7. The molecule has 0 aromatic heterocycles. The van der Waals surface area contributed by atoms with E-state index in [0.717, 1.165) is 0 Å². The lowest BCUT2D eigenvalue weighted by Crippen LogP contribution is -2.24. The minimum Gasteiger partial charge on any atom is -0.380 e. The van der Waals surface area contributed by atoms with Crippen LogP contribution in [0.3, 0.4) is 0 Å². The Bertz CT molecular complexity index is 1030. The summed E-state index contributed by atoms with van der Waals surface area (Å²) in [5.74, 6) is -1.56. The van der Waals surface area contributed by atoms with Crippen LogP contribution < -0.4 is 10.6 Å². The van der Waals surface area contributed by atoms with Gasteiger partial charge in [-0.1, -0.05) is 54.1 Å². The van der Waals surface area contributed by atoms with Gasteiger partial charge >= 0.3 is 0 Å². The van der Waals surface area contributed by atoms with E-state index in [1.807, 2.05) is 0 Å². The van der Waals surface area contributed by atoms with Gasteiger partial charge < -0.3 is 15.7 Å². The van der Waals surface area contributed by atoms with E-state index in [1.54, 1.807) is 42.5 Å². The minimum atomic E-state index is -1.38. The number of aliphatic hydroxyl groups is 1. The molecular weight excluding hydrogens is 395 g/mol. The molecule has 3 aromatic rings. The summed E-state index contributed by atoms with van der Waals surface area (Å²) in [6.07, 6.45) is -1.38. The number of aliphatic hydroxyl groups excluding tert-OH is 1. The number of carbonyl (C=O) groups excluding carboxylic acids is 2. The molecule has 0 saturated carbocycles. The summed E-state index contributed by atoms with van der Waals surface area (Å²) in [6.45, 7) is -0.220. The van der Waals surface area contributed by atoms with Gasteiger partial charge in [0.2, 0.25) is 5.91 Å². The van der Waals surface area contributed by atoms with Crippen LogP contribution in [0.2, 0.25) is 5.02 Å². The SMILES string of the molecule is O=C(CNc1ccccc1F)Nc1cc(Cl)ccc1C(=O)C(O)c1ccccc1. The molecule has 5 nitrogen and oxygen atoms in total. The molecule has 0 radical (unpaired) electrons. The number of benzene rings is 3. The zero-order valence-electron chi connectivity index (χ0n) is 15.2. The van der Waals surface area contributed by atoms with Crippen LogP contribution in [0.25, 0.3) is 0 Å². The molecule has 0 aliphatic heterocycles. The van der Waals surface area contributed by atoms with Crippen LogP contribution in [0.15, 0.2) is 72.8 Å². The lowest BCUT2D eigenvalue weighted by molar-refractivity contribution is -0.114. The van der Waals surface area contributed by atoms with Crippen molar-refractivity contribution < 1.29 is 19.1 Å². The zero-order chi connectivity index (χ0) is 20.8. The summed E-state index contributed by atoms with van der Waals surface area (Å²) in [7, 11) is 0. The average Bonchev–Trinajstić information content (AvgIpc) is 2.73. The third kappa shape index (κ3) is 5.19. The summed E-state index contributed by atoms with van der Waals surface area (Å²) in [6, 6.07) is 18.8. The predicted molar refractivity (Wildman–Crippen MR) is 111 cm³/mol. The van der Waals surface area contributed by atoms with Crippen molar-refractivity contribution in [1.82, 2.24) is 0 Å². The Morgan fingerprint density at radius 2 is 1.66 bits per heavy atom. The molecule has 0 spiro atoms. The molecule has 7 heteroatoms. The molecule has 1 atom stereocenters. The Morgan fingerprint density at radius 1 is 0.966 bits per heavy atom. The fraction of sp³-hybridized carbons (Fsp3) is 0.0909. The molecule has 0 bridgehead atoms. The highest BCUT2D eigenvalue weighted by Crippen LogP contribution is 2.26. The smallest absolute Gasteiger partial charge is 0.243 e. The second kappa shape index (κ2) is 9.32. The Balaban J connectivity index is 1.75. The highest BCUT2D eigenvalue weighted by atomic mass is 35.5. The molecule has 1 amide bonds. The molecule has 0 aliphatic rings. The van der Waals surface area contributed by atoms with Crippen molar-refractivity contribution in [1.29, 1.82) is 0 Å². The average molecular weight is 413 g/mol. The lowest BCUT2D eigenvalue weighted by atomic mass is 9.98. The third-order valence-corrected chi connectivity index (χ3v) is 4.43. The number of halogens is 2.